The lowest BCUT2D eigenvalue weighted by Gasteiger charge is -2.32. The summed E-state index contributed by atoms with van der Waals surface area (Å²) in [6, 6.07) is 0. The van der Waals surface area contributed by atoms with Crippen LogP contribution in [0, 0.1) is 5.92 Å². The van der Waals surface area contributed by atoms with Crippen molar-refractivity contribution in [3.05, 3.63) is 0 Å². The van der Waals surface area contributed by atoms with Gasteiger partial charge in [0.05, 0.1) is 0 Å². The molecule has 0 amide bonds. The third kappa shape index (κ3) is 3.70. The molecule has 0 aromatic heterocycles. The summed E-state index contributed by atoms with van der Waals surface area (Å²) in [7, 11) is 0. The molecule has 0 aromatic carbocycles. The van der Waals surface area contributed by atoms with Crippen LogP contribution in [0.3, 0.4) is 0 Å². The molecule has 2 aliphatic carbocycles. The second kappa shape index (κ2) is 7.69. The molecule has 116 valence electrons. The SMILES string of the molecule is CCNC1(C(=O)O)CCCC1CCSC1CCCCC1. The van der Waals surface area contributed by atoms with Crippen molar-refractivity contribution in [3.63, 3.8) is 0 Å². The summed E-state index contributed by atoms with van der Waals surface area (Å²) >= 11 is 2.09. The van der Waals surface area contributed by atoms with Crippen molar-refractivity contribution < 1.29 is 9.90 Å². The second-order valence-corrected chi connectivity index (χ2v) is 7.72. The van der Waals surface area contributed by atoms with Crippen molar-refractivity contribution in [2.24, 2.45) is 5.92 Å². The summed E-state index contributed by atoms with van der Waals surface area (Å²) in [6.07, 6.45) is 10.9. The van der Waals surface area contributed by atoms with E-state index in [0.717, 1.165) is 43.2 Å². The molecule has 2 aliphatic rings. The number of thioether (sulfide) groups is 1. The zero-order valence-corrected chi connectivity index (χ0v) is 13.5. The summed E-state index contributed by atoms with van der Waals surface area (Å²) in [5, 5.41) is 13.8. The maximum Gasteiger partial charge on any atom is 0.324 e. The minimum Gasteiger partial charge on any atom is -0.480 e. The summed E-state index contributed by atoms with van der Waals surface area (Å²) in [5.41, 5.74) is -0.637. The molecule has 0 spiro atoms. The van der Waals surface area contributed by atoms with Gasteiger partial charge in [-0.15, -0.1) is 0 Å². The molecule has 0 radical (unpaired) electrons. The summed E-state index contributed by atoms with van der Waals surface area (Å²) in [6.45, 7) is 2.76. The first-order valence-corrected chi connectivity index (χ1v) is 9.34. The Morgan fingerprint density at radius 2 is 2.00 bits per heavy atom. The summed E-state index contributed by atoms with van der Waals surface area (Å²) < 4.78 is 0. The Kier molecular flexibility index (Phi) is 6.21. The number of carboxylic acid groups (broad SMARTS) is 1. The Morgan fingerprint density at radius 1 is 1.25 bits per heavy atom. The molecular formula is C16H29NO2S. The van der Waals surface area contributed by atoms with E-state index in [1.165, 1.54) is 32.1 Å². The fraction of sp³-hybridized carbons (Fsp3) is 0.938. The lowest BCUT2D eigenvalue weighted by atomic mass is 9.85. The van der Waals surface area contributed by atoms with E-state index in [4.69, 9.17) is 0 Å². The number of carboxylic acids is 1. The Labute approximate surface area is 127 Å². The molecule has 2 N–H and O–H groups in total. The highest BCUT2D eigenvalue weighted by Crippen LogP contribution is 2.40. The molecule has 3 nitrogen and oxygen atoms in total. The molecule has 2 saturated carbocycles. The molecule has 0 aliphatic heterocycles. The smallest absolute Gasteiger partial charge is 0.324 e. The van der Waals surface area contributed by atoms with Gasteiger partial charge in [0.25, 0.3) is 0 Å². The van der Waals surface area contributed by atoms with Crippen LogP contribution < -0.4 is 5.32 Å². The highest BCUT2D eigenvalue weighted by atomic mass is 32.2. The lowest BCUT2D eigenvalue weighted by Crippen LogP contribution is -2.54. The van der Waals surface area contributed by atoms with Gasteiger partial charge in [-0.2, -0.15) is 11.8 Å². The monoisotopic (exact) mass is 299 g/mol. The molecular weight excluding hydrogens is 270 g/mol. The topological polar surface area (TPSA) is 49.3 Å². The van der Waals surface area contributed by atoms with Gasteiger partial charge < -0.3 is 10.4 Å². The first-order chi connectivity index (χ1) is 9.69. The van der Waals surface area contributed by atoms with Gasteiger partial charge in [-0.25, -0.2) is 0 Å². The van der Waals surface area contributed by atoms with E-state index in [9.17, 15) is 9.90 Å². The predicted molar refractivity (Wildman–Crippen MR) is 85.3 cm³/mol. The van der Waals surface area contributed by atoms with E-state index in [1.807, 2.05) is 6.92 Å². The third-order valence-corrected chi connectivity index (χ3v) is 6.48. The minimum absolute atomic E-state index is 0.316. The number of likely N-dealkylation sites (N-methyl/N-ethyl adjacent to an activating group) is 1. The van der Waals surface area contributed by atoms with Crippen LogP contribution in [-0.2, 0) is 4.79 Å². The van der Waals surface area contributed by atoms with Crippen LogP contribution in [0.5, 0.6) is 0 Å². The van der Waals surface area contributed by atoms with Gasteiger partial charge in [0, 0.05) is 5.25 Å². The summed E-state index contributed by atoms with van der Waals surface area (Å²) in [5.74, 6) is 0.816. The standard InChI is InChI=1S/C16H29NO2S/c1-2-17-16(15(18)19)11-6-7-13(16)10-12-20-14-8-4-3-5-9-14/h13-14,17H,2-12H2,1H3,(H,18,19). The molecule has 20 heavy (non-hydrogen) atoms. The number of rotatable bonds is 7. The van der Waals surface area contributed by atoms with Gasteiger partial charge in [-0.3, -0.25) is 4.79 Å². The van der Waals surface area contributed by atoms with Gasteiger partial charge in [-0.05, 0) is 50.3 Å². The average Bonchev–Trinajstić information content (AvgIpc) is 2.85. The van der Waals surface area contributed by atoms with Crippen LogP contribution in [-0.4, -0.2) is 34.2 Å². The first kappa shape index (κ1) is 16.2. The van der Waals surface area contributed by atoms with Crippen LogP contribution >= 0.6 is 11.8 Å². The largest absolute Gasteiger partial charge is 0.480 e. The Bertz CT molecular complexity index is 318. The molecule has 2 unspecified atom stereocenters. The van der Waals surface area contributed by atoms with Crippen molar-refractivity contribution in [2.45, 2.75) is 75.5 Å². The van der Waals surface area contributed by atoms with E-state index < -0.39 is 11.5 Å². The quantitative estimate of drug-likeness (QED) is 0.753. The van der Waals surface area contributed by atoms with Crippen molar-refractivity contribution >= 4 is 17.7 Å². The van der Waals surface area contributed by atoms with Crippen LogP contribution in [0.4, 0.5) is 0 Å². The van der Waals surface area contributed by atoms with E-state index in [2.05, 4.69) is 17.1 Å². The van der Waals surface area contributed by atoms with Crippen molar-refractivity contribution in [3.8, 4) is 0 Å². The van der Waals surface area contributed by atoms with Gasteiger partial charge in [0.2, 0.25) is 0 Å². The Morgan fingerprint density at radius 3 is 2.65 bits per heavy atom. The van der Waals surface area contributed by atoms with Crippen LogP contribution in [0.25, 0.3) is 0 Å². The minimum atomic E-state index is -0.637. The maximum absolute atomic E-state index is 11.7. The highest BCUT2D eigenvalue weighted by molar-refractivity contribution is 7.99. The normalized spacial score (nSPS) is 31.6. The van der Waals surface area contributed by atoms with Crippen molar-refractivity contribution in [1.29, 1.82) is 0 Å². The third-order valence-electron chi connectivity index (χ3n) is 5.07. The number of carbonyl (C=O) groups is 1. The summed E-state index contributed by atoms with van der Waals surface area (Å²) in [4.78, 5) is 11.7. The fourth-order valence-corrected chi connectivity index (χ4v) is 5.40. The lowest BCUT2D eigenvalue weighted by molar-refractivity contribution is -0.146. The molecule has 2 atom stereocenters. The molecule has 2 fully saturated rings. The fourth-order valence-electron chi connectivity index (χ4n) is 3.98. The predicted octanol–water partition coefficient (Wildman–Crippen LogP) is 3.68. The molecule has 0 aromatic rings. The maximum atomic E-state index is 11.7. The van der Waals surface area contributed by atoms with Crippen LogP contribution in [0.2, 0.25) is 0 Å². The van der Waals surface area contributed by atoms with Gasteiger partial charge in [-0.1, -0.05) is 32.6 Å². The Balaban J connectivity index is 1.82. The van der Waals surface area contributed by atoms with E-state index in [1.54, 1.807) is 0 Å². The second-order valence-electron chi connectivity index (χ2n) is 6.32. The highest BCUT2D eigenvalue weighted by Gasteiger charge is 2.48. The van der Waals surface area contributed by atoms with Gasteiger partial charge in [0.15, 0.2) is 0 Å². The van der Waals surface area contributed by atoms with E-state index in [-0.39, 0.29) is 0 Å². The molecule has 4 heteroatoms. The molecule has 2 rings (SSSR count). The molecule has 0 saturated heterocycles. The van der Waals surface area contributed by atoms with Crippen molar-refractivity contribution in [2.75, 3.05) is 12.3 Å². The van der Waals surface area contributed by atoms with Gasteiger partial charge >= 0.3 is 5.97 Å². The average molecular weight is 299 g/mol. The van der Waals surface area contributed by atoms with Crippen LogP contribution in [0.15, 0.2) is 0 Å². The van der Waals surface area contributed by atoms with Crippen molar-refractivity contribution in [1.82, 2.24) is 5.32 Å². The zero-order valence-electron chi connectivity index (χ0n) is 12.7. The number of hydrogen-bond acceptors (Lipinski definition) is 3. The Hall–Kier alpha value is -0.220. The zero-order chi connectivity index (χ0) is 14.4. The van der Waals surface area contributed by atoms with Crippen LogP contribution in [0.1, 0.15) is 64.7 Å². The first-order valence-electron chi connectivity index (χ1n) is 8.29. The number of aliphatic carboxylic acids is 1. The van der Waals surface area contributed by atoms with E-state index in [0.29, 0.717) is 5.92 Å². The molecule has 0 heterocycles. The number of nitrogens with one attached hydrogen (secondary N) is 1. The number of hydrogen-bond donors (Lipinski definition) is 2. The van der Waals surface area contributed by atoms with Gasteiger partial charge in [0.1, 0.15) is 5.54 Å². The molecule has 0 bridgehead atoms. The van der Waals surface area contributed by atoms with E-state index >= 15 is 0 Å².